The number of carbonyl (C=O) groups excluding carboxylic acids is 2. The van der Waals surface area contributed by atoms with Crippen molar-refractivity contribution < 1.29 is 23.1 Å². The third-order valence-electron chi connectivity index (χ3n) is 5.88. The summed E-state index contributed by atoms with van der Waals surface area (Å²) in [6, 6.07) is 21.8. The first-order valence-corrected chi connectivity index (χ1v) is 13.5. The Morgan fingerprint density at radius 1 is 0.897 bits per heavy atom. The number of aromatic hydroxyl groups is 1. The van der Waals surface area contributed by atoms with E-state index in [0.717, 1.165) is 10.8 Å². The number of hydrogen-bond acceptors (Lipinski definition) is 6. The van der Waals surface area contributed by atoms with E-state index in [2.05, 4.69) is 25.7 Å². The Bertz CT molecular complexity index is 1550. The fraction of sp³-hybridized carbons (Fsp3) is 0.148. The number of nitrogens with zero attached hydrogens (tertiary/aromatic N) is 1. The lowest BCUT2D eigenvalue weighted by Crippen LogP contribution is -2.51. The normalized spacial score (nSPS) is 12.8. The minimum absolute atomic E-state index is 0.0612. The van der Waals surface area contributed by atoms with Crippen molar-refractivity contribution in [3.8, 4) is 5.75 Å². The van der Waals surface area contributed by atoms with Crippen molar-refractivity contribution in [1.29, 1.82) is 0 Å². The molecule has 11 nitrogen and oxygen atoms in total. The van der Waals surface area contributed by atoms with E-state index in [0.29, 0.717) is 16.9 Å². The molecule has 1 aromatic heterocycles. The van der Waals surface area contributed by atoms with Crippen LogP contribution in [0.25, 0.3) is 10.8 Å². The molecule has 0 aliphatic carbocycles. The molecule has 4 rings (SSSR count). The van der Waals surface area contributed by atoms with Crippen LogP contribution < -0.4 is 25.8 Å². The lowest BCUT2D eigenvalue weighted by Gasteiger charge is -2.24. The second kappa shape index (κ2) is 12.3. The molecule has 202 valence electrons. The predicted molar refractivity (Wildman–Crippen MR) is 148 cm³/mol. The van der Waals surface area contributed by atoms with Crippen molar-refractivity contribution in [3.63, 3.8) is 0 Å². The molecule has 0 spiro atoms. The van der Waals surface area contributed by atoms with Gasteiger partial charge < -0.3 is 15.7 Å². The summed E-state index contributed by atoms with van der Waals surface area (Å²) in [4.78, 5) is 30.6. The molecule has 0 aliphatic heterocycles. The Hall–Kier alpha value is -4.52. The topological polar surface area (TPSA) is 176 Å². The molecule has 1 heterocycles. The number of phenolic OH excluding ortho intramolecular Hbond substituents is 1. The van der Waals surface area contributed by atoms with Gasteiger partial charge in [0.15, 0.2) is 0 Å². The van der Waals surface area contributed by atoms with Crippen LogP contribution in [0.2, 0.25) is 0 Å². The number of pyridine rings is 1. The number of benzene rings is 3. The number of amides is 3. The molecule has 2 atom stereocenters. The summed E-state index contributed by atoms with van der Waals surface area (Å²) in [6.07, 6.45) is 1.73. The van der Waals surface area contributed by atoms with Crippen LogP contribution in [-0.4, -0.2) is 43.0 Å². The highest BCUT2D eigenvalue weighted by atomic mass is 32.2. The third-order valence-corrected chi connectivity index (χ3v) is 6.45. The molecule has 0 bridgehead atoms. The largest absolute Gasteiger partial charge is 0.508 e. The lowest BCUT2D eigenvalue weighted by molar-refractivity contribution is -0.123. The molecule has 3 amide bonds. The number of phenols is 1. The second-order valence-electron chi connectivity index (χ2n) is 8.80. The van der Waals surface area contributed by atoms with E-state index >= 15 is 0 Å². The van der Waals surface area contributed by atoms with E-state index in [1.165, 1.54) is 12.1 Å². The van der Waals surface area contributed by atoms with E-state index in [9.17, 15) is 23.1 Å². The van der Waals surface area contributed by atoms with E-state index < -0.39 is 34.2 Å². The molecular weight excluding hydrogens is 520 g/mol. The molecule has 3 aromatic carbocycles. The highest BCUT2D eigenvalue weighted by Gasteiger charge is 2.25. The van der Waals surface area contributed by atoms with Crippen molar-refractivity contribution >= 4 is 38.7 Å². The molecule has 0 saturated heterocycles. The minimum atomic E-state index is -4.02. The van der Waals surface area contributed by atoms with E-state index in [1.54, 1.807) is 54.7 Å². The summed E-state index contributed by atoms with van der Waals surface area (Å²) in [5.74, 6) is -0.199. The maximum atomic E-state index is 13.5. The molecule has 2 unspecified atom stereocenters. The molecule has 0 radical (unpaired) electrons. The van der Waals surface area contributed by atoms with Crippen LogP contribution in [0, 0.1) is 0 Å². The number of urea groups is 1. The fourth-order valence-electron chi connectivity index (χ4n) is 3.95. The van der Waals surface area contributed by atoms with E-state index in [-0.39, 0.29) is 18.7 Å². The first-order valence-electron chi connectivity index (χ1n) is 12.0. The molecule has 12 heteroatoms. The number of rotatable bonds is 10. The van der Waals surface area contributed by atoms with Crippen molar-refractivity contribution in [1.82, 2.24) is 20.3 Å². The summed E-state index contributed by atoms with van der Waals surface area (Å²) in [7, 11) is -4.02. The first kappa shape index (κ1) is 27.5. The van der Waals surface area contributed by atoms with Gasteiger partial charge in [-0.2, -0.15) is 8.42 Å². The van der Waals surface area contributed by atoms with Crippen molar-refractivity contribution in [2.45, 2.75) is 18.5 Å². The first-order chi connectivity index (χ1) is 18.7. The predicted octanol–water partition coefficient (Wildman–Crippen LogP) is 2.32. The number of anilines is 1. The number of carbonyl (C=O) groups is 2. The Balaban J connectivity index is 1.53. The molecule has 7 N–H and O–H groups in total. The average Bonchev–Trinajstić information content (AvgIpc) is 2.91. The second-order valence-corrected chi connectivity index (χ2v) is 10.2. The van der Waals surface area contributed by atoms with Crippen LogP contribution in [0.4, 0.5) is 10.6 Å². The number of fused-ring (bicyclic) bond motifs is 1. The van der Waals surface area contributed by atoms with Gasteiger partial charge in [0, 0.05) is 24.5 Å². The van der Waals surface area contributed by atoms with Crippen molar-refractivity contribution in [2.75, 3.05) is 11.9 Å². The highest BCUT2D eigenvalue weighted by molar-refractivity contribution is 7.87. The zero-order valence-corrected chi connectivity index (χ0v) is 21.6. The summed E-state index contributed by atoms with van der Waals surface area (Å²) in [6.45, 7) is -0.201. The highest BCUT2D eigenvalue weighted by Crippen LogP contribution is 2.17. The summed E-state index contributed by atoms with van der Waals surface area (Å²) in [5, 5.41) is 24.6. The van der Waals surface area contributed by atoms with Crippen LogP contribution >= 0.6 is 0 Å². The summed E-state index contributed by atoms with van der Waals surface area (Å²) >= 11 is 0. The van der Waals surface area contributed by atoms with Crippen LogP contribution in [0.15, 0.2) is 91.1 Å². The lowest BCUT2D eigenvalue weighted by atomic mass is 10.0. The van der Waals surface area contributed by atoms with Crippen molar-refractivity contribution in [3.05, 3.63) is 102 Å². The number of hydrogen-bond donors (Lipinski definition) is 6. The number of nitrogens with two attached hydrogens (primary N) is 1. The van der Waals surface area contributed by atoms with Gasteiger partial charge in [-0.1, -0.05) is 66.7 Å². The molecule has 0 saturated carbocycles. The minimum Gasteiger partial charge on any atom is -0.508 e. The monoisotopic (exact) mass is 548 g/mol. The summed E-state index contributed by atoms with van der Waals surface area (Å²) < 4.78 is 25.2. The van der Waals surface area contributed by atoms with Gasteiger partial charge in [-0.05, 0) is 34.7 Å². The van der Waals surface area contributed by atoms with E-state index in [4.69, 9.17) is 5.14 Å². The third kappa shape index (κ3) is 8.23. The maximum absolute atomic E-state index is 13.5. The van der Waals surface area contributed by atoms with Gasteiger partial charge >= 0.3 is 6.03 Å². The van der Waals surface area contributed by atoms with Crippen LogP contribution in [0.3, 0.4) is 0 Å². The number of aromatic nitrogens is 1. The number of nitrogens with one attached hydrogen (secondary N) is 4. The average molecular weight is 549 g/mol. The molecule has 4 aromatic rings. The van der Waals surface area contributed by atoms with Gasteiger partial charge in [0.05, 0.1) is 6.04 Å². The van der Waals surface area contributed by atoms with Crippen LogP contribution in [0.5, 0.6) is 5.75 Å². The smallest absolute Gasteiger partial charge is 0.321 e. The molecule has 39 heavy (non-hydrogen) atoms. The zero-order chi connectivity index (χ0) is 27.8. The van der Waals surface area contributed by atoms with Gasteiger partial charge in [-0.25, -0.2) is 19.6 Å². The van der Waals surface area contributed by atoms with Gasteiger partial charge in [0.1, 0.15) is 17.6 Å². The zero-order valence-electron chi connectivity index (χ0n) is 20.7. The fourth-order valence-corrected chi connectivity index (χ4v) is 4.35. The quantitative estimate of drug-likeness (QED) is 0.177. The van der Waals surface area contributed by atoms with Gasteiger partial charge in [0.25, 0.3) is 10.2 Å². The standard InChI is InChI=1S/C27H28N6O5S/c28-39(37,38)30-17-24(19-6-2-1-3-7-19)31-26(35)23(14-18-10-12-22(34)13-11-18)32-27(36)33-25-15-20-8-4-5-9-21(20)16-29-25/h1-13,15-16,23-24,30,34H,14,17H2,(H,31,35)(H2,28,37,38)(H2,29,32,33,36). The van der Waals surface area contributed by atoms with Crippen LogP contribution in [-0.2, 0) is 21.4 Å². The Labute approximate surface area is 225 Å². The van der Waals surface area contributed by atoms with Gasteiger partial charge in [0.2, 0.25) is 5.91 Å². The Kier molecular flexibility index (Phi) is 8.71. The Morgan fingerprint density at radius 2 is 1.56 bits per heavy atom. The van der Waals surface area contributed by atoms with Crippen molar-refractivity contribution in [2.24, 2.45) is 5.14 Å². The van der Waals surface area contributed by atoms with E-state index in [1.807, 2.05) is 24.3 Å². The Morgan fingerprint density at radius 3 is 2.26 bits per heavy atom. The van der Waals surface area contributed by atoms with Gasteiger partial charge in [-0.15, -0.1) is 0 Å². The summed E-state index contributed by atoms with van der Waals surface area (Å²) in [5.41, 5.74) is 1.31. The SMILES string of the molecule is NS(=O)(=O)NCC(NC(=O)C(Cc1ccc(O)cc1)NC(=O)Nc1cc2ccccc2cn1)c1ccccc1. The molecular formula is C27H28N6O5S. The maximum Gasteiger partial charge on any atom is 0.321 e. The van der Waals surface area contributed by atoms with Gasteiger partial charge in [-0.3, -0.25) is 10.1 Å². The van der Waals surface area contributed by atoms with Crippen LogP contribution in [0.1, 0.15) is 17.2 Å². The molecule has 0 fully saturated rings. The molecule has 0 aliphatic rings.